The summed E-state index contributed by atoms with van der Waals surface area (Å²) in [5.41, 5.74) is 4.54. The number of phosphoric acid groups is 2. The molecule has 178 valence electrons. The van der Waals surface area contributed by atoms with Crippen molar-refractivity contribution in [1.29, 1.82) is 0 Å². The second-order valence-corrected chi connectivity index (χ2v) is 10.8. The Hall–Kier alpha value is -1.20. The zero-order chi connectivity index (χ0) is 24.1. The lowest BCUT2D eigenvalue weighted by atomic mass is 10.0. The first-order chi connectivity index (χ1) is 14.3. The highest BCUT2D eigenvalue weighted by atomic mass is 31.3. The molecule has 9 heteroatoms. The van der Waals surface area contributed by atoms with E-state index in [2.05, 4.69) is 27.6 Å². The molecule has 0 bridgehead atoms. The monoisotopic (exact) mass is 476 g/mol. The van der Waals surface area contributed by atoms with Crippen LogP contribution in [0, 0.1) is 0 Å². The molecule has 3 unspecified atom stereocenters. The van der Waals surface area contributed by atoms with Crippen molar-refractivity contribution in [3.05, 3.63) is 59.4 Å². The van der Waals surface area contributed by atoms with Crippen LogP contribution in [0.4, 0.5) is 0 Å². The molecular formula is C22H38O7P2. The molecule has 2 N–H and O–H groups in total. The maximum Gasteiger partial charge on any atom is 0.535 e. The van der Waals surface area contributed by atoms with Gasteiger partial charge < -0.3 is 9.42 Å². The van der Waals surface area contributed by atoms with Crippen molar-refractivity contribution in [1.82, 2.24) is 0 Å². The van der Waals surface area contributed by atoms with Crippen molar-refractivity contribution in [2.45, 2.75) is 79.8 Å². The van der Waals surface area contributed by atoms with E-state index >= 15 is 0 Å². The summed E-state index contributed by atoms with van der Waals surface area (Å²) in [6.45, 7) is 15.1. The number of rotatable bonds is 15. The molecule has 0 aliphatic heterocycles. The minimum Gasteiger partial charge on any atom is -0.412 e. The van der Waals surface area contributed by atoms with Crippen LogP contribution in [-0.2, 0) is 22.5 Å². The maximum atomic E-state index is 12.3. The molecule has 0 fully saturated rings. The van der Waals surface area contributed by atoms with Gasteiger partial charge in [0.15, 0.2) is 0 Å². The second kappa shape index (κ2) is 14.8. The SMILES string of the molecule is C=COP(=O)(O)OP(=O)(O)OC(/C=C(\C)CCC=C(C)C)C/C=C(\C)CCC=C(C)C. The molecule has 0 rings (SSSR count). The van der Waals surface area contributed by atoms with Gasteiger partial charge in [0.05, 0.1) is 12.4 Å². The maximum absolute atomic E-state index is 12.3. The normalized spacial score (nSPS) is 17.2. The third kappa shape index (κ3) is 17.1. The van der Waals surface area contributed by atoms with Crippen LogP contribution >= 0.6 is 15.6 Å². The topological polar surface area (TPSA) is 102 Å². The summed E-state index contributed by atoms with van der Waals surface area (Å²) in [6, 6.07) is 0. The second-order valence-electron chi connectivity index (χ2n) is 7.87. The Bertz CT molecular complexity index is 786. The number of allylic oxidation sites excluding steroid dienone is 6. The molecule has 3 atom stereocenters. The summed E-state index contributed by atoms with van der Waals surface area (Å²) in [4.78, 5) is 19.4. The molecular weight excluding hydrogens is 438 g/mol. The van der Waals surface area contributed by atoms with E-state index in [1.807, 2.05) is 47.6 Å². The van der Waals surface area contributed by atoms with E-state index in [1.165, 1.54) is 11.1 Å². The average Bonchev–Trinajstić information content (AvgIpc) is 2.57. The number of hydrogen-bond acceptors (Lipinski definition) is 5. The molecule has 0 heterocycles. The fraction of sp³-hybridized carbons (Fsp3) is 0.545. The van der Waals surface area contributed by atoms with Crippen LogP contribution in [0.1, 0.15) is 73.6 Å². The Labute approximate surface area is 187 Å². The fourth-order valence-corrected chi connectivity index (χ4v) is 4.60. The minimum atomic E-state index is -4.87. The van der Waals surface area contributed by atoms with Crippen LogP contribution in [0.5, 0.6) is 0 Å². The highest BCUT2D eigenvalue weighted by molar-refractivity contribution is 7.61. The van der Waals surface area contributed by atoms with Crippen molar-refractivity contribution in [3.8, 4) is 0 Å². The van der Waals surface area contributed by atoms with Gasteiger partial charge in [0.25, 0.3) is 0 Å². The smallest absolute Gasteiger partial charge is 0.412 e. The first kappa shape index (κ1) is 29.8. The van der Waals surface area contributed by atoms with Gasteiger partial charge in [-0.15, -0.1) is 0 Å². The molecule has 31 heavy (non-hydrogen) atoms. The zero-order valence-corrected chi connectivity index (χ0v) is 21.3. The Morgan fingerprint density at radius 2 is 1.39 bits per heavy atom. The van der Waals surface area contributed by atoms with Crippen LogP contribution in [0.3, 0.4) is 0 Å². The van der Waals surface area contributed by atoms with Gasteiger partial charge in [0, 0.05) is 0 Å². The Kier molecular flexibility index (Phi) is 14.2. The third-order valence-electron chi connectivity index (χ3n) is 4.03. The minimum absolute atomic E-state index is 0.312. The molecule has 0 amide bonds. The fourth-order valence-electron chi connectivity index (χ4n) is 2.57. The van der Waals surface area contributed by atoms with E-state index in [0.29, 0.717) is 12.7 Å². The molecule has 0 aromatic heterocycles. The lowest BCUT2D eigenvalue weighted by Gasteiger charge is -2.19. The summed E-state index contributed by atoms with van der Waals surface area (Å²) in [5, 5.41) is 0. The third-order valence-corrected chi connectivity index (χ3v) is 6.64. The van der Waals surface area contributed by atoms with Gasteiger partial charge in [-0.1, -0.05) is 53.2 Å². The van der Waals surface area contributed by atoms with Gasteiger partial charge in [0.2, 0.25) is 0 Å². The van der Waals surface area contributed by atoms with E-state index in [0.717, 1.165) is 36.8 Å². The summed E-state index contributed by atoms with van der Waals surface area (Å²) < 4.78 is 37.8. The van der Waals surface area contributed by atoms with Crippen LogP contribution in [0.15, 0.2) is 59.4 Å². The van der Waals surface area contributed by atoms with Gasteiger partial charge in [-0.05, 0) is 73.6 Å². The molecule has 0 aromatic carbocycles. The summed E-state index contributed by atoms with van der Waals surface area (Å²) >= 11 is 0. The summed E-state index contributed by atoms with van der Waals surface area (Å²) in [6.07, 6.45) is 11.4. The van der Waals surface area contributed by atoms with Crippen LogP contribution in [0.25, 0.3) is 0 Å². The molecule has 0 saturated carbocycles. The van der Waals surface area contributed by atoms with Gasteiger partial charge in [0.1, 0.15) is 0 Å². The Morgan fingerprint density at radius 3 is 1.87 bits per heavy atom. The number of hydrogen-bond donors (Lipinski definition) is 2. The lowest BCUT2D eigenvalue weighted by Crippen LogP contribution is -2.09. The van der Waals surface area contributed by atoms with E-state index in [4.69, 9.17) is 4.52 Å². The predicted molar refractivity (Wildman–Crippen MR) is 126 cm³/mol. The molecule has 0 aliphatic rings. The molecule has 7 nitrogen and oxygen atoms in total. The van der Waals surface area contributed by atoms with Gasteiger partial charge in [-0.25, -0.2) is 9.13 Å². The Balaban J connectivity index is 5.40. The molecule has 0 saturated heterocycles. The van der Waals surface area contributed by atoms with Crippen molar-refractivity contribution >= 4 is 15.6 Å². The zero-order valence-electron chi connectivity index (χ0n) is 19.5. The first-order valence-electron chi connectivity index (χ1n) is 10.2. The van der Waals surface area contributed by atoms with Crippen molar-refractivity contribution in [2.75, 3.05) is 0 Å². The van der Waals surface area contributed by atoms with E-state index in [1.54, 1.807) is 6.08 Å². The first-order valence-corrected chi connectivity index (χ1v) is 13.2. The average molecular weight is 476 g/mol. The van der Waals surface area contributed by atoms with Gasteiger partial charge in [-0.3, -0.25) is 9.42 Å². The summed E-state index contributed by atoms with van der Waals surface area (Å²) in [7, 11) is -9.67. The molecule has 0 aliphatic carbocycles. The lowest BCUT2D eigenvalue weighted by molar-refractivity contribution is 0.149. The van der Waals surface area contributed by atoms with Crippen LogP contribution < -0.4 is 0 Å². The van der Waals surface area contributed by atoms with Crippen molar-refractivity contribution in [2.24, 2.45) is 0 Å². The Morgan fingerprint density at radius 1 is 0.871 bits per heavy atom. The van der Waals surface area contributed by atoms with Gasteiger partial charge >= 0.3 is 15.6 Å². The number of phosphoric ester groups is 2. The molecule has 0 radical (unpaired) electrons. The molecule has 0 aromatic rings. The summed E-state index contributed by atoms with van der Waals surface area (Å²) in [5.74, 6) is 0. The van der Waals surface area contributed by atoms with Gasteiger partial charge in [-0.2, -0.15) is 4.31 Å². The van der Waals surface area contributed by atoms with E-state index < -0.39 is 21.7 Å². The standard InChI is InChI=1S/C22H38O7P2/c1-8-27-30(23,24)29-31(25,26)28-22(17-21(7)14-10-12-19(4)5)16-15-20(6)13-9-11-18(2)3/h8,11-12,15,17,22H,1,9-10,13-14,16H2,2-7H3,(H,23,24)(H,25,26)/b20-15+,21-17+. The quantitative estimate of drug-likeness (QED) is 0.143. The van der Waals surface area contributed by atoms with Crippen LogP contribution in [-0.4, -0.2) is 15.9 Å². The van der Waals surface area contributed by atoms with E-state index in [9.17, 15) is 18.9 Å². The van der Waals surface area contributed by atoms with E-state index in [-0.39, 0.29) is 0 Å². The van der Waals surface area contributed by atoms with Crippen LogP contribution in [0.2, 0.25) is 0 Å². The van der Waals surface area contributed by atoms with Crippen molar-refractivity contribution in [3.63, 3.8) is 0 Å². The molecule has 0 spiro atoms. The largest absolute Gasteiger partial charge is 0.535 e. The highest BCUT2D eigenvalue weighted by Crippen LogP contribution is 2.61. The van der Waals surface area contributed by atoms with Crippen molar-refractivity contribution < 1.29 is 32.3 Å². The predicted octanol–water partition coefficient (Wildman–Crippen LogP) is 7.52. The highest BCUT2D eigenvalue weighted by Gasteiger charge is 2.37.